The van der Waals surface area contributed by atoms with E-state index in [2.05, 4.69) is 10.6 Å². The van der Waals surface area contributed by atoms with E-state index in [1.54, 1.807) is 0 Å². The molecular formula is C8H18N2O. The molecule has 3 heteroatoms. The molecule has 1 aliphatic rings. The normalized spacial score (nSPS) is 28.4. The lowest BCUT2D eigenvalue weighted by atomic mass is 10.1. The molecule has 0 aromatic heterocycles. The minimum Gasteiger partial charge on any atom is -0.392 e. The standard InChI is InChI=1S/C8H18N2O/c1-7(11)5-10-8-3-2-4-9-6-8/h7-11H,2-6H2,1H3. The van der Waals surface area contributed by atoms with E-state index in [1.807, 2.05) is 6.92 Å². The maximum Gasteiger partial charge on any atom is 0.0636 e. The molecule has 0 saturated carbocycles. The molecule has 0 aromatic rings. The van der Waals surface area contributed by atoms with Gasteiger partial charge in [-0.05, 0) is 26.3 Å². The van der Waals surface area contributed by atoms with Gasteiger partial charge in [0.2, 0.25) is 0 Å². The van der Waals surface area contributed by atoms with Gasteiger partial charge in [0, 0.05) is 19.1 Å². The van der Waals surface area contributed by atoms with Crippen molar-refractivity contribution in [2.24, 2.45) is 0 Å². The summed E-state index contributed by atoms with van der Waals surface area (Å²) in [6.45, 7) is 4.72. The lowest BCUT2D eigenvalue weighted by molar-refractivity contribution is 0.182. The van der Waals surface area contributed by atoms with Crippen molar-refractivity contribution in [1.82, 2.24) is 10.6 Å². The summed E-state index contributed by atoms with van der Waals surface area (Å²) in [7, 11) is 0. The number of aliphatic hydroxyl groups excluding tert-OH is 1. The second kappa shape index (κ2) is 4.70. The fourth-order valence-electron chi connectivity index (χ4n) is 1.36. The lowest BCUT2D eigenvalue weighted by Crippen LogP contribution is -2.45. The number of nitrogens with one attached hydrogen (secondary N) is 2. The second-order valence-electron chi connectivity index (χ2n) is 3.30. The summed E-state index contributed by atoms with van der Waals surface area (Å²) in [5.74, 6) is 0. The summed E-state index contributed by atoms with van der Waals surface area (Å²) >= 11 is 0. The van der Waals surface area contributed by atoms with Crippen LogP contribution in [0.3, 0.4) is 0 Å². The van der Waals surface area contributed by atoms with E-state index in [0.717, 1.165) is 13.1 Å². The first-order chi connectivity index (χ1) is 5.29. The Labute approximate surface area is 68.2 Å². The molecule has 66 valence electrons. The molecule has 1 heterocycles. The molecule has 0 radical (unpaired) electrons. The maximum atomic E-state index is 9.00. The van der Waals surface area contributed by atoms with Crippen molar-refractivity contribution in [1.29, 1.82) is 0 Å². The van der Waals surface area contributed by atoms with Crippen molar-refractivity contribution in [2.75, 3.05) is 19.6 Å². The van der Waals surface area contributed by atoms with Crippen molar-refractivity contribution in [3.05, 3.63) is 0 Å². The Kier molecular flexibility index (Phi) is 3.83. The fraction of sp³-hybridized carbons (Fsp3) is 1.00. The molecule has 0 amide bonds. The van der Waals surface area contributed by atoms with E-state index >= 15 is 0 Å². The summed E-state index contributed by atoms with van der Waals surface area (Å²) in [4.78, 5) is 0. The van der Waals surface area contributed by atoms with Crippen LogP contribution in [0.5, 0.6) is 0 Å². The van der Waals surface area contributed by atoms with Crippen molar-refractivity contribution in [3.8, 4) is 0 Å². The summed E-state index contributed by atoms with van der Waals surface area (Å²) in [5, 5.41) is 15.6. The van der Waals surface area contributed by atoms with Crippen LogP contribution in [0.4, 0.5) is 0 Å². The van der Waals surface area contributed by atoms with Crippen LogP contribution in [-0.4, -0.2) is 36.9 Å². The van der Waals surface area contributed by atoms with E-state index in [-0.39, 0.29) is 6.10 Å². The molecule has 0 aliphatic carbocycles. The average molecular weight is 158 g/mol. The zero-order chi connectivity index (χ0) is 8.10. The van der Waals surface area contributed by atoms with E-state index < -0.39 is 0 Å². The Hall–Kier alpha value is -0.120. The molecule has 2 atom stereocenters. The highest BCUT2D eigenvalue weighted by atomic mass is 16.3. The van der Waals surface area contributed by atoms with Gasteiger partial charge < -0.3 is 15.7 Å². The quantitative estimate of drug-likeness (QED) is 0.529. The largest absolute Gasteiger partial charge is 0.392 e. The summed E-state index contributed by atoms with van der Waals surface area (Å²) in [6, 6.07) is 0.568. The summed E-state index contributed by atoms with van der Waals surface area (Å²) in [5.41, 5.74) is 0. The Balaban J connectivity index is 2.05. The highest BCUT2D eigenvalue weighted by molar-refractivity contribution is 4.75. The zero-order valence-corrected chi connectivity index (χ0v) is 7.14. The second-order valence-corrected chi connectivity index (χ2v) is 3.30. The van der Waals surface area contributed by atoms with E-state index in [4.69, 9.17) is 5.11 Å². The predicted octanol–water partition coefficient (Wildman–Crippen LogP) is -0.291. The van der Waals surface area contributed by atoms with Gasteiger partial charge in [-0.2, -0.15) is 0 Å². The van der Waals surface area contributed by atoms with Gasteiger partial charge in [0.1, 0.15) is 0 Å². The van der Waals surface area contributed by atoms with Crippen LogP contribution in [0.15, 0.2) is 0 Å². The highest BCUT2D eigenvalue weighted by Gasteiger charge is 2.11. The first-order valence-electron chi connectivity index (χ1n) is 4.41. The van der Waals surface area contributed by atoms with Gasteiger partial charge in [0.15, 0.2) is 0 Å². The van der Waals surface area contributed by atoms with Crippen LogP contribution in [0.25, 0.3) is 0 Å². The zero-order valence-electron chi connectivity index (χ0n) is 7.14. The molecule has 3 N–H and O–H groups in total. The molecule has 11 heavy (non-hydrogen) atoms. The van der Waals surface area contributed by atoms with Crippen molar-refractivity contribution >= 4 is 0 Å². The number of hydrogen-bond donors (Lipinski definition) is 3. The molecule has 0 spiro atoms. The van der Waals surface area contributed by atoms with Gasteiger partial charge in [-0.25, -0.2) is 0 Å². The molecular weight excluding hydrogens is 140 g/mol. The highest BCUT2D eigenvalue weighted by Crippen LogP contribution is 2.00. The van der Waals surface area contributed by atoms with Crippen LogP contribution in [0.2, 0.25) is 0 Å². The van der Waals surface area contributed by atoms with Crippen LogP contribution in [0.1, 0.15) is 19.8 Å². The number of hydrogen-bond acceptors (Lipinski definition) is 3. The molecule has 2 unspecified atom stereocenters. The van der Waals surface area contributed by atoms with E-state index in [0.29, 0.717) is 12.6 Å². The van der Waals surface area contributed by atoms with Gasteiger partial charge in [0.05, 0.1) is 6.10 Å². The van der Waals surface area contributed by atoms with Crippen LogP contribution in [-0.2, 0) is 0 Å². The predicted molar refractivity (Wildman–Crippen MR) is 45.6 cm³/mol. The molecule has 1 rings (SSSR count). The summed E-state index contributed by atoms with van der Waals surface area (Å²) in [6.07, 6.45) is 2.26. The van der Waals surface area contributed by atoms with Gasteiger partial charge in [-0.1, -0.05) is 0 Å². The van der Waals surface area contributed by atoms with Crippen LogP contribution in [0, 0.1) is 0 Å². The van der Waals surface area contributed by atoms with Crippen molar-refractivity contribution in [2.45, 2.75) is 31.9 Å². The SMILES string of the molecule is CC(O)CNC1CCCNC1. The van der Waals surface area contributed by atoms with Crippen LogP contribution >= 0.6 is 0 Å². The molecule has 0 aromatic carbocycles. The Morgan fingerprint density at radius 1 is 1.73 bits per heavy atom. The van der Waals surface area contributed by atoms with E-state index in [9.17, 15) is 0 Å². The lowest BCUT2D eigenvalue weighted by Gasteiger charge is -2.24. The molecule has 3 nitrogen and oxygen atoms in total. The van der Waals surface area contributed by atoms with Crippen molar-refractivity contribution < 1.29 is 5.11 Å². The third-order valence-electron chi connectivity index (χ3n) is 2.00. The number of aliphatic hydroxyl groups is 1. The smallest absolute Gasteiger partial charge is 0.0636 e. The third kappa shape index (κ3) is 3.70. The Morgan fingerprint density at radius 2 is 2.55 bits per heavy atom. The number of piperidine rings is 1. The molecule has 1 aliphatic heterocycles. The van der Waals surface area contributed by atoms with E-state index in [1.165, 1.54) is 12.8 Å². The maximum absolute atomic E-state index is 9.00. The monoisotopic (exact) mass is 158 g/mol. The molecule has 0 bridgehead atoms. The van der Waals surface area contributed by atoms with Gasteiger partial charge in [-0.15, -0.1) is 0 Å². The Bertz CT molecular complexity index is 100. The first-order valence-corrected chi connectivity index (χ1v) is 4.41. The summed E-state index contributed by atoms with van der Waals surface area (Å²) < 4.78 is 0. The minimum atomic E-state index is -0.225. The van der Waals surface area contributed by atoms with Gasteiger partial charge in [0.25, 0.3) is 0 Å². The topological polar surface area (TPSA) is 44.3 Å². The average Bonchev–Trinajstić information content (AvgIpc) is 2.03. The molecule has 1 fully saturated rings. The van der Waals surface area contributed by atoms with Gasteiger partial charge >= 0.3 is 0 Å². The fourth-order valence-corrected chi connectivity index (χ4v) is 1.36. The first kappa shape index (κ1) is 8.97. The number of rotatable bonds is 3. The van der Waals surface area contributed by atoms with Crippen molar-refractivity contribution in [3.63, 3.8) is 0 Å². The third-order valence-corrected chi connectivity index (χ3v) is 2.00. The minimum absolute atomic E-state index is 0.225. The molecule has 1 saturated heterocycles. The van der Waals surface area contributed by atoms with Gasteiger partial charge in [-0.3, -0.25) is 0 Å². The van der Waals surface area contributed by atoms with Crippen LogP contribution < -0.4 is 10.6 Å². The Morgan fingerprint density at radius 3 is 3.09 bits per heavy atom.